The summed E-state index contributed by atoms with van der Waals surface area (Å²) >= 11 is 6.42. The quantitative estimate of drug-likeness (QED) is 0.528. The predicted octanol–water partition coefficient (Wildman–Crippen LogP) is 3.99. The Hall–Kier alpha value is -2.41. The Labute approximate surface area is 184 Å². The standard InChI is InChI=1S/C22H32ClN5O2/c1-5-25-22(27-9-7-16(3)19(14-27)28-10-8-24-15-28)26-13-17-11-18(23)21(30-6-2)20(12-17)29-4/h8,10-12,15-16,19H,5-7,9,13-14H2,1-4H3,(H,25,26). The Morgan fingerprint density at radius 2 is 2.20 bits per heavy atom. The third-order valence-electron chi connectivity index (χ3n) is 5.45. The highest BCUT2D eigenvalue weighted by Gasteiger charge is 2.28. The molecule has 2 aromatic rings. The summed E-state index contributed by atoms with van der Waals surface area (Å²) in [7, 11) is 1.62. The van der Waals surface area contributed by atoms with Gasteiger partial charge in [-0.05, 0) is 43.9 Å². The van der Waals surface area contributed by atoms with E-state index in [0.29, 0.717) is 41.6 Å². The van der Waals surface area contributed by atoms with Crippen molar-refractivity contribution in [2.45, 2.75) is 39.8 Å². The number of halogens is 1. The van der Waals surface area contributed by atoms with Gasteiger partial charge in [0.1, 0.15) is 0 Å². The van der Waals surface area contributed by atoms with E-state index in [1.165, 1.54) is 0 Å². The lowest BCUT2D eigenvalue weighted by atomic mass is 9.93. The largest absolute Gasteiger partial charge is 0.493 e. The number of guanidine groups is 1. The van der Waals surface area contributed by atoms with Crippen LogP contribution in [-0.2, 0) is 6.54 Å². The fourth-order valence-corrected chi connectivity index (χ4v) is 4.12. The summed E-state index contributed by atoms with van der Waals surface area (Å²) in [5.41, 5.74) is 0.979. The fourth-order valence-electron chi connectivity index (χ4n) is 3.84. The van der Waals surface area contributed by atoms with Crippen LogP contribution in [0.2, 0.25) is 5.02 Å². The zero-order valence-corrected chi connectivity index (χ0v) is 19.0. The van der Waals surface area contributed by atoms with E-state index in [1.807, 2.05) is 37.8 Å². The number of hydrogen-bond acceptors (Lipinski definition) is 4. The molecule has 0 amide bonds. The van der Waals surface area contributed by atoms with Gasteiger partial charge >= 0.3 is 0 Å². The molecule has 3 rings (SSSR count). The van der Waals surface area contributed by atoms with Crippen molar-refractivity contribution in [3.8, 4) is 11.5 Å². The lowest BCUT2D eigenvalue weighted by Gasteiger charge is -2.39. The first-order chi connectivity index (χ1) is 14.6. The second-order valence-electron chi connectivity index (χ2n) is 7.50. The number of aromatic nitrogens is 2. The van der Waals surface area contributed by atoms with Crippen molar-refractivity contribution in [3.05, 3.63) is 41.4 Å². The summed E-state index contributed by atoms with van der Waals surface area (Å²) in [5.74, 6) is 2.71. The molecule has 1 fully saturated rings. The van der Waals surface area contributed by atoms with Crippen molar-refractivity contribution >= 4 is 17.6 Å². The van der Waals surface area contributed by atoms with E-state index in [0.717, 1.165) is 37.6 Å². The summed E-state index contributed by atoms with van der Waals surface area (Å²) in [6.07, 6.45) is 6.90. The summed E-state index contributed by atoms with van der Waals surface area (Å²) in [5, 5.41) is 3.98. The van der Waals surface area contributed by atoms with Crippen LogP contribution in [-0.4, -0.2) is 53.8 Å². The number of methoxy groups -OCH3 is 1. The Morgan fingerprint density at radius 3 is 2.87 bits per heavy atom. The number of nitrogens with one attached hydrogen (secondary N) is 1. The smallest absolute Gasteiger partial charge is 0.194 e. The normalized spacial score (nSPS) is 19.6. The van der Waals surface area contributed by atoms with E-state index in [2.05, 4.69) is 33.6 Å². The minimum absolute atomic E-state index is 0.380. The van der Waals surface area contributed by atoms with Gasteiger partial charge in [-0.3, -0.25) is 0 Å². The number of likely N-dealkylation sites (tertiary alicyclic amines) is 1. The zero-order valence-electron chi connectivity index (χ0n) is 18.3. The van der Waals surface area contributed by atoms with Gasteiger partial charge in [0, 0.05) is 32.0 Å². The molecule has 1 aromatic heterocycles. The highest BCUT2D eigenvalue weighted by molar-refractivity contribution is 6.32. The summed E-state index contributed by atoms with van der Waals surface area (Å²) < 4.78 is 13.3. The lowest BCUT2D eigenvalue weighted by molar-refractivity contribution is 0.189. The number of nitrogens with zero attached hydrogens (tertiary/aromatic N) is 4. The topological polar surface area (TPSA) is 63.9 Å². The molecule has 0 saturated carbocycles. The van der Waals surface area contributed by atoms with Gasteiger partial charge in [0.15, 0.2) is 17.5 Å². The molecular formula is C22H32ClN5O2. The minimum atomic E-state index is 0.380. The molecule has 0 radical (unpaired) electrons. The Kier molecular flexibility index (Phi) is 7.85. The van der Waals surface area contributed by atoms with Gasteiger partial charge in [-0.15, -0.1) is 0 Å². The second kappa shape index (κ2) is 10.6. The summed E-state index contributed by atoms with van der Waals surface area (Å²) in [6.45, 7) is 10.0. The van der Waals surface area contributed by atoms with E-state index in [4.69, 9.17) is 26.1 Å². The molecule has 0 aliphatic carbocycles. The van der Waals surface area contributed by atoms with E-state index < -0.39 is 0 Å². The number of piperidine rings is 1. The number of rotatable bonds is 7. The fraction of sp³-hybridized carbons (Fsp3) is 0.545. The van der Waals surface area contributed by atoms with Crippen LogP contribution in [0.25, 0.3) is 0 Å². The predicted molar refractivity (Wildman–Crippen MR) is 121 cm³/mol. The van der Waals surface area contributed by atoms with E-state index in [9.17, 15) is 0 Å². The molecule has 0 bridgehead atoms. The first kappa shape index (κ1) is 22.3. The van der Waals surface area contributed by atoms with Crippen molar-refractivity contribution in [3.63, 3.8) is 0 Å². The maximum absolute atomic E-state index is 6.42. The Morgan fingerprint density at radius 1 is 1.37 bits per heavy atom. The van der Waals surface area contributed by atoms with Crippen molar-refractivity contribution < 1.29 is 9.47 Å². The average Bonchev–Trinajstić information content (AvgIpc) is 3.28. The average molecular weight is 434 g/mol. The third kappa shape index (κ3) is 5.19. The van der Waals surface area contributed by atoms with Crippen LogP contribution in [0.3, 0.4) is 0 Å². The number of benzene rings is 1. The molecule has 7 nitrogen and oxygen atoms in total. The van der Waals surface area contributed by atoms with E-state index in [-0.39, 0.29) is 0 Å². The number of ether oxygens (including phenoxy) is 2. The van der Waals surface area contributed by atoms with Crippen LogP contribution in [0, 0.1) is 5.92 Å². The molecule has 164 valence electrons. The molecular weight excluding hydrogens is 402 g/mol. The molecule has 2 unspecified atom stereocenters. The molecule has 1 aliphatic rings. The maximum Gasteiger partial charge on any atom is 0.194 e. The molecule has 1 saturated heterocycles. The van der Waals surface area contributed by atoms with Crippen molar-refractivity contribution in [1.82, 2.24) is 19.8 Å². The van der Waals surface area contributed by atoms with Crippen molar-refractivity contribution in [2.24, 2.45) is 10.9 Å². The number of imidazole rings is 1. The third-order valence-corrected chi connectivity index (χ3v) is 5.73. The van der Waals surface area contributed by atoms with Gasteiger partial charge in [-0.25, -0.2) is 9.98 Å². The lowest BCUT2D eigenvalue weighted by Crippen LogP contribution is -2.49. The SMILES string of the molecule is CCNC(=NCc1cc(Cl)c(OCC)c(OC)c1)N1CCC(C)C(n2ccnc2)C1. The monoisotopic (exact) mass is 433 g/mol. The van der Waals surface area contributed by atoms with Crippen LogP contribution in [0.1, 0.15) is 38.8 Å². The maximum atomic E-state index is 6.42. The molecule has 8 heteroatoms. The Bertz CT molecular complexity index is 840. The molecule has 2 atom stereocenters. The van der Waals surface area contributed by atoms with Gasteiger partial charge in [-0.2, -0.15) is 0 Å². The van der Waals surface area contributed by atoms with Crippen LogP contribution >= 0.6 is 11.6 Å². The second-order valence-corrected chi connectivity index (χ2v) is 7.91. The highest BCUT2D eigenvalue weighted by atomic mass is 35.5. The summed E-state index contributed by atoms with van der Waals surface area (Å²) in [4.78, 5) is 11.4. The van der Waals surface area contributed by atoms with Gasteiger partial charge in [0.2, 0.25) is 0 Å². The van der Waals surface area contributed by atoms with Crippen LogP contribution in [0.5, 0.6) is 11.5 Å². The van der Waals surface area contributed by atoms with Crippen molar-refractivity contribution in [1.29, 1.82) is 0 Å². The Balaban J connectivity index is 1.78. The molecule has 2 heterocycles. The van der Waals surface area contributed by atoms with Crippen LogP contribution in [0.15, 0.2) is 35.8 Å². The van der Waals surface area contributed by atoms with Gasteiger partial charge in [0.25, 0.3) is 0 Å². The first-order valence-electron chi connectivity index (χ1n) is 10.6. The van der Waals surface area contributed by atoms with E-state index >= 15 is 0 Å². The number of hydrogen-bond donors (Lipinski definition) is 1. The zero-order chi connectivity index (χ0) is 21.5. The molecule has 1 aromatic carbocycles. The highest BCUT2D eigenvalue weighted by Crippen LogP contribution is 2.36. The summed E-state index contributed by atoms with van der Waals surface area (Å²) in [6, 6.07) is 4.22. The van der Waals surface area contributed by atoms with Crippen molar-refractivity contribution in [2.75, 3.05) is 33.4 Å². The van der Waals surface area contributed by atoms with Crippen LogP contribution < -0.4 is 14.8 Å². The number of aliphatic imine (C=N–C) groups is 1. The van der Waals surface area contributed by atoms with E-state index in [1.54, 1.807) is 7.11 Å². The molecule has 1 N–H and O–H groups in total. The van der Waals surface area contributed by atoms with Gasteiger partial charge in [0.05, 0.1) is 37.7 Å². The minimum Gasteiger partial charge on any atom is -0.493 e. The molecule has 1 aliphatic heterocycles. The van der Waals surface area contributed by atoms with Crippen LogP contribution in [0.4, 0.5) is 0 Å². The molecule has 30 heavy (non-hydrogen) atoms. The van der Waals surface area contributed by atoms with Gasteiger partial charge in [-0.1, -0.05) is 18.5 Å². The first-order valence-corrected chi connectivity index (χ1v) is 10.9. The van der Waals surface area contributed by atoms with Gasteiger partial charge < -0.3 is 24.3 Å². The molecule has 0 spiro atoms.